The Bertz CT molecular complexity index is 161. The van der Waals surface area contributed by atoms with E-state index in [0.29, 0.717) is 5.88 Å². The van der Waals surface area contributed by atoms with Crippen LogP contribution in [-0.2, 0) is 0 Å². The average molecular weight is 204 g/mol. The third kappa shape index (κ3) is 4.65. The Morgan fingerprint density at radius 1 is 1.31 bits per heavy atom. The first kappa shape index (κ1) is 11.0. The number of hydrogen-bond acceptors (Lipinski definition) is 2. The number of nitrogens with zero attached hydrogens (tertiary/aromatic N) is 1. The van der Waals surface area contributed by atoms with Gasteiger partial charge in [0, 0.05) is 19.0 Å². The first-order valence-corrected chi connectivity index (χ1v) is 5.47. The van der Waals surface area contributed by atoms with Crippen LogP contribution in [-0.4, -0.2) is 41.6 Å². The highest BCUT2D eigenvalue weighted by Crippen LogP contribution is 2.10. The molecule has 1 fully saturated rings. The van der Waals surface area contributed by atoms with Crippen LogP contribution in [0.2, 0.25) is 0 Å². The van der Waals surface area contributed by atoms with Crippen molar-refractivity contribution in [2.24, 2.45) is 0 Å². The van der Waals surface area contributed by atoms with Crippen molar-refractivity contribution in [3.63, 3.8) is 0 Å². The van der Waals surface area contributed by atoms with Crippen LogP contribution in [0.25, 0.3) is 0 Å². The zero-order chi connectivity index (χ0) is 9.52. The van der Waals surface area contributed by atoms with E-state index in [4.69, 9.17) is 11.6 Å². The third-order valence-corrected chi connectivity index (χ3v) is 2.59. The standard InChI is InChI=1S/C10H18ClNO/c11-6-1-2-7-12-8-3-4-10(13)5-9-12/h1-2,10,13H,3-9H2/b2-1+. The largest absolute Gasteiger partial charge is 0.393 e. The molecule has 0 aromatic heterocycles. The van der Waals surface area contributed by atoms with Gasteiger partial charge in [-0.15, -0.1) is 11.6 Å². The normalized spacial score (nSPS) is 26.5. The minimum absolute atomic E-state index is 0.0815. The van der Waals surface area contributed by atoms with E-state index in [1.165, 1.54) is 0 Å². The summed E-state index contributed by atoms with van der Waals surface area (Å²) in [5.41, 5.74) is 0. The van der Waals surface area contributed by atoms with Gasteiger partial charge in [-0.1, -0.05) is 12.2 Å². The Labute approximate surface area is 85.2 Å². The van der Waals surface area contributed by atoms with Gasteiger partial charge in [0.2, 0.25) is 0 Å². The van der Waals surface area contributed by atoms with Crippen molar-refractivity contribution >= 4 is 11.6 Å². The van der Waals surface area contributed by atoms with Gasteiger partial charge < -0.3 is 5.11 Å². The number of rotatable bonds is 3. The van der Waals surface area contributed by atoms with Crippen LogP contribution in [0.15, 0.2) is 12.2 Å². The summed E-state index contributed by atoms with van der Waals surface area (Å²) in [6, 6.07) is 0. The summed E-state index contributed by atoms with van der Waals surface area (Å²) in [5.74, 6) is 0.594. The van der Waals surface area contributed by atoms with E-state index in [1.54, 1.807) is 0 Å². The number of likely N-dealkylation sites (tertiary alicyclic amines) is 1. The second kappa shape index (κ2) is 6.41. The van der Waals surface area contributed by atoms with Crippen LogP contribution in [0.5, 0.6) is 0 Å². The Morgan fingerprint density at radius 3 is 2.92 bits per heavy atom. The molecule has 0 aromatic carbocycles. The van der Waals surface area contributed by atoms with Crippen molar-refractivity contribution in [2.75, 3.05) is 25.5 Å². The highest BCUT2D eigenvalue weighted by Gasteiger charge is 2.12. The van der Waals surface area contributed by atoms with Gasteiger partial charge in [-0.3, -0.25) is 4.90 Å². The van der Waals surface area contributed by atoms with E-state index in [1.807, 2.05) is 6.08 Å². The number of alkyl halides is 1. The molecule has 1 rings (SSSR count). The van der Waals surface area contributed by atoms with Crippen LogP contribution < -0.4 is 0 Å². The lowest BCUT2D eigenvalue weighted by Crippen LogP contribution is -2.25. The fraction of sp³-hybridized carbons (Fsp3) is 0.800. The van der Waals surface area contributed by atoms with Crippen molar-refractivity contribution in [1.29, 1.82) is 0 Å². The fourth-order valence-corrected chi connectivity index (χ4v) is 1.73. The Hall–Kier alpha value is -0.0500. The summed E-state index contributed by atoms with van der Waals surface area (Å²) in [4.78, 5) is 2.36. The highest BCUT2D eigenvalue weighted by molar-refractivity contribution is 6.18. The number of aliphatic hydroxyl groups is 1. The average Bonchev–Trinajstić information content (AvgIpc) is 2.32. The Morgan fingerprint density at radius 2 is 2.15 bits per heavy atom. The first-order chi connectivity index (χ1) is 6.33. The molecule has 3 heteroatoms. The molecule has 0 aromatic rings. The molecule has 0 radical (unpaired) electrons. The maximum atomic E-state index is 9.41. The van der Waals surface area contributed by atoms with Crippen molar-refractivity contribution < 1.29 is 5.11 Å². The molecule has 1 heterocycles. The summed E-state index contributed by atoms with van der Waals surface area (Å²) in [6.45, 7) is 3.08. The third-order valence-electron chi connectivity index (χ3n) is 2.41. The van der Waals surface area contributed by atoms with Crippen LogP contribution in [0.1, 0.15) is 19.3 Å². The second-order valence-corrected chi connectivity index (χ2v) is 3.82. The number of hydrogen-bond donors (Lipinski definition) is 1. The molecular weight excluding hydrogens is 186 g/mol. The van der Waals surface area contributed by atoms with Crippen LogP contribution in [0.3, 0.4) is 0 Å². The van der Waals surface area contributed by atoms with Crippen molar-refractivity contribution in [2.45, 2.75) is 25.4 Å². The van der Waals surface area contributed by atoms with Crippen LogP contribution >= 0.6 is 11.6 Å². The summed E-state index contributed by atoms with van der Waals surface area (Å²) in [6.07, 6.45) is 6.97. The molecule has 76 valence electrons. The zero-order valence-corrected chi connectivity index (χ0v) is 8.71. The smallest absolute Gasteiger partial charge is 0.0553 e. The van der Waals surface area contributed by atoms with Crippen molar-refractivity contribution in [3.05, 3.63) is 12.2 Å². The maximum absolute atomic E-state index is 9.41. The van der Waals surface area contributed by atoms with Gasteiger partial charge in [-0.25, -0.2) is 0 Å². The molecule has 0 aliphatic carbocycles. The van der Waals surface area contributed by atoms with Gasteiger partial charge in [0.15, 0.2) is 0 Å². The van der Waals surface area contributed by atoms with Gasteiger partial charge in [0.05, 0.1) is 6.10 Å². The highest BCUT2D eigenvalue weighted by atomic mass is 35.5. The molecule has 0 spiro atoms. The number of allylic oxidation sites excluding steroid dienone is 1. The summed E-state index contributed by atoms with van der Waals surface area (Å²) in [7, 11) is 0. The predicted octanol–water partition coefficient (Wildman–Crippen LogP) is 1.63. The molecule has 0 amide bonds. The maximum Gasteiger partial charge on any atom is 0.0553 e. The molecule has 0 bridgehead atoms. The van der Waals surface area contributed by atoms with Crippen LogP contribution in [0, 0.1) is 0 Å². The molecule has 13 heavy (non-hydrogen) atoms. The van der Waals surface area contributed by atoms with Gasteiger partial charge in [0.25, 0.3) is 0 Å². The van der Waals surface area contributed by atoms with E-state index in [2.05, 4.69) is 11.0 Å². The zero-order valence-electron chi connectivity index (χ0n) is 7.95. The second-order valence-electron chi connectivity index (χ2n) is 3.51. The van der Waals surface area contributed by atoms with Crippen molar-refractivity contribution in [1.82, 2.24) is 4.90 Å². The van der Waals surface area contributed by atoms with Gasteiger partial charge in [-0.2, -0.15) is 0 Å². The summed E-state index contributed by atoms with van der Waals surface area (Å²) < 4.78 is 0. The molecule has 1 N–H and O–H groups in total. The minimum atomic E-state index is -0.0815. The van der Waals surface area contributed by atoms with Crippen molar-refractivity contribution in [3.8, 4) is 0 Å². The lowest BCUT2D eigenvalue weighted by Gasteiger charge is -2.17. The van der Waals surface area contributed by atoms with E-state index >= 15 is 0 Å². The topological polar surface area (TPSA) is 23.5 Å². The molecule has 0 saturated carbocycles. The first-order valence-electron chi connectivity index (χ1n) is 4.94. The molecule has 1 aliphatic heterocycles. The lowest BCUT2D eigenvalue weighted by molar-refractivity contribution is 0.156. The molecule has 2 nitrogen and oxygen atoms in total. The molecule has 1 unspecified atom stereocenters. The van der Waals surface area contributed by atoms with E-state index in [9.17, 15) is 5.11 Å². The number of halogens is 1. The van der Waals surface area contributed by atoms with Crippen LogP contribution in [0.4, 0.5) is 0 Å². The van der Waals surface area contributed by atoms with E-state index in [-0.39, 0.29) is 6.10 Å². The van der Waals surface area contributed by atoms with E-state index in [0.717, 1.165) is 38.9 Å². The van der Waals surface area contributed by atoms with E-state index < -0.39 is 0 Å². The fourth-order valence-electron chi connectivity index (χ4n) is 1.61. The predicted molar refractivity (Wildman–Crippen MR) is 56.2 cm³/mol. The quantitative estimate of drug-likeness (QED) is 0.557. The Balaban J connectivity index is 2.21. The SMILES string of the molecule is OC1CCCN(C/C=C/CCl)CC1. The minimum Gasteiger partial charge on any atom is -0.393 e. The molecule has 1 saturated heterocycles. The van der Waals surface area contributed by atoms with Gasteiger partial charge in [0.1, 0.15) is 0 Å². The van der Waals surface area contributed by atoms with Gasteiger partial charge >= 0.3 is 0 Å². The summed E-state index contributed by atoms with van der Waals surface area (Å²) >= 11 is 5.53. The molecule has 1 aliphatic rings. The number of aliphatic hydroxyl groups excluding tert-OH is 1. The monoisotopic (exact) mass is 203 g/mol. The summed E-state index contributed by atoms with van der Waals surface area (Å²) in [5, 5.41) is 9.41. The lowest BCUT2D eigenvalue weighted by atomic mass is 10.2. The molecule has 1 atom stereocenters. The van der Waals surface area contributed by atoms with Gasteiger partial charge in [-0.05, 0) is 25.8 Å². The molecular formula is C10H18ClNO. The Kier molecular flexibility index (Phi) is 5.44.